The van der Waals surface area contributed by atoms with Gasteiger partial charge in [0.25, 0.3) is 0 Å². The molecule has 0 aromatic heterocycles. The molecule has 8 atom stereocenters. The van der Waals surface area contributed by atoms with Crippen LogP contribution in [0.25, 0.3) is 0 Å². The number of hydroxylamine groups is 1. The van der Waals surface area contributed by atoms with E-state index in [1.54, 1.807) is 12.0 Å². The molecule has 2 aromatic carbocycles. The van der Waals surface area contributed by atoms with Crippen LogP contribution in [0.15, 0.2) is 60.7 Å². The number of esters is 5. The third-order valence-electron chi connectivity index (χ3n) is 6.98. The Bertz CT molecular complexity index is 1340. The summed E-state index contributed by atoms with van der Waals surface area (Å²) in [6, 6.07) is 17.8. The molecule has 2 aliphatic heterocycles. The molecule has 13 heteroatoms. The van der Waals surface area contributed by atoms with Crippen molar-refractivity contribution in [3.05, 3.63) is 66.2 Å². The lowest BCUT2D eigenvalue weighted by Crippen LogP contribution is -2.63. The Morgan fingerprint density at radius 2 is 1.25 bits per heavy atom. The molecule has 2 saturated heterocycles. The van der Waals surface area contributed by atoms with Gasteiger partial charge in [-0.2, -0.15) is 0 Å². The molecule has 0 radical (unpaired) electrons. The van der Waals surface area contributed by atoms with Crippen LogP contribution in [-0.4, -0.2) is 73.3 Å². The Hall–Kier alpha value is -4.49. The highest BCUT2D eigenvalue weighted by molar-refractivity contribution is 5.76. The second-order valence-corrected chi connectivity index (χ2v) is 10.4. The molecule has 0 N–H and O–H groups in total. The van der Waals surface area contributed by atoms with Crippen molar-refractivity contribution in [3.8, 4) is 0 Å². The fraction of sp³-hybridized carbons (Fsp3) is 0.452. The van der Waals surface area contributed by atoms with Crippen molar-refractivity contribution in [1.29, 1.82) is 0 Å². The summed E-state index contributed by atoms with van der Waals surface area (Å²) in [5.41, 5.74) is 1.47. The number of hydrogen-bond donors (Lipinski definition) is 0. The average molecular weight is 614 g/mol. The molecule has 13 nitrogen and oxygen atoms in total. The van der Waals surface area contributed by atoms with Crippen molar-refractivity contribution in [1.82, 2.24) is 0 Å². The van der Waals surface area contributed by atoms with Gasteiger partial charge in [-0.25, -0.2) is 5.06 Å². The van der Waals surface area contributed by atoms with E-state index in [-0.39, 0.29) is 0 Å². The van der Waals surface area contributed by atoms with Crippen molar-refractivity contribution in [2.45, 2.75) is 77.5 Å². The van der Waals surface area contributed by atoms with Gasteiger partial charge < -0.3 is 28.4 Å². The standard InChI is InChI=1S/C31H35NO12/c1-17-25(26(22-12-8-6-9-13-22)32(44-17)23-14-10-7-11-15-23)30(37)43-31-29(41-21(5)36)28(40-20(4)35)27(39-19(3)34)24(42-31)16-38-18(2)33/h6-15,17,24-29,31H,16H2,1-5H3/t17?,24-,25?,26?,27-,28+,29-,31+/m1/s1. The number of rotatable bonds is 9. The lowest BCUT2D eigenvalue weighted by atomic mass is 9.89. The predicted molar refractivity (Wildman–Crippen MR) is 150 cm³/mol. The van der Waals surface area contributed by atoms with Crippen LogP contribution in [0, 0.1) is 5.92 Å². The summed E-state index contributed by atoms with van der Waals surface area (Å²) in [6.45, 7) is 5.75. The van der Waals surface area contributed by atoms with Gasteiger partial charge in [0.15, 0.2) is 12.2 Å². The van der Waals surface area contributed by atoms with Gasteiger partial charge in [-0.1, -0.05) is 48.5 Å². The van der Waals surface area contributed by atoms with Crippen molar-refractivity contribution in [3.63, 3.8) is 0 Å². The van der Waals surface area contributed by atoms with Crippen LogP contribution in [0.2, 0.25) is 0 Å². The number of benzene rings is 2. The number of carbonyl (C=O) groups is 5. The largest absolute Gasteiger partial charge is 0.463 e. The second kappa shape index (κ2) is 14.3. The molecule has 0 amide bonds. The highest BCUT2D eigenvalue weighted by Gasteiger charge is 2.55. The van der Waals surface area contributed by atoms with E-state index < -0.39 is 85.2 Å². The molecule has 236 valence electrons. The summed E-state index contributed by atoms with van der Waals surface area (Å²) in [7, 11) is 0. The normalized spacial score (nSPS) is 28.0. The zero-order chi connectivity index (χ0) is 32.0. The molecule has 0 saturated carbocycles. The summed E-state index contributed by atoms with van der Waals surface area (Å²) in [6.07, 6.45) is -8.00. The summed E-state index contributed by atoms with van der Waals surface area (Å²) < 4.78 is 33.2. The van der Waals surface area contributed by atoms with Crippen LogP contribution in [0.3, 0.4) is 0 Å². The third kappa shape index (κ3) is 7.71. The highest BCUT2D eigenvalue weighted by Crippen LogP contribution is 2.43. The lowest BCUT2D eigenvalue weighted by Gasteiger charge is -2.43. The Morgan fingerprint density at radius 1 is 0.705 bits per heavy atom. The Balaban J connectivity index is 1.70. The van der Waals surface area contributed by atoms with Crippen LogP contribution < -0.4 is 5.06 Å². The predicted octanol–water partition coefficient (Wildman–Crippen LogP) is 2.81. The average Bonchev–Trinajstić information content (AvgIpc) is 3.32. The summed E-state index contributed by atoms with van der Waals surface area (Å²) in [5.74, 6) is -4.74. The third-order valence-corrected chi connectivity index (χ3v) is 6.98. The molecule has 4 rings (SSSR count). The molecule has 2 aliphatic rings. The van der Waals surface area contributed by atoms with Gasteiger partial charge in [-0.3, -0.25) is 28.8 Å². The topological polar surface area (TPSA) is 153 Å². The minimum absolute atomic E-state index is 0.455. The lowest BCUT2D eigenvalue weighted by molar-refractivity contribution is -0.301. The van der Waals surface area contributed by atoms with Crippen LogP contribution in [0.1, 0.15) is 46.2 Å². The van der Waals surface area contributed by atoms with Crippen molar-refractivity contribution < 1.29 is 57.2 Å². The SMILES string of the molecule is CC(=O)OC[C@H]1O[C@@H](OC(=O)C2C(C)ON(c3ccccc3)C2c2ccccc2)[C@H](OC(C)=O)[C@@H](OC(C)=O)[C@@H]1OC(C)=O. The van der Waals surface area contributed by atoms with E-state index in [0.717, 1.165) is 33.3 Å². The van der Waals surface area contributed by atoms with E-state index in [1.165, 1.54) is 0 Å². The summed E-state index contributed by atoms with van der Waals surface area (Å²) in [4.78, 5) is 68.2. The first-order valence-electron chi connectivity index (χ1n) is 14.0. The van der Waals surface area contributed by atoms with E-state index in [9.17, 15) is 24.0 Å². The number of carbonyl (C=O) groups excluding carboxylic acids is 5. The maximum absolute atomic E-state index is 14.0. The maximum Gasteiger partial charge on any atom is 0.316 e. The maximum atomic E-state index is 14.0. The summed E-state index contributed by atoms with van der Waals surface area (Å²) in [5, 5.41) is 1.64. The van der Waals surface area contributed by atoms with Crippen LogP contribution >= 0.6 is 0 Å². The van der Waals surface area contributed by atoms with E-state index in [0.29, 0.717) is 5.69 Å². The molecule has 3 unspecified atom stereocenters. The molecule has 44 heavy (non-hydrogen) atoms. The van der Waals surface area contributed by atoms with Crippen LogP contribution in [0.4, 0.5) is 5.69 Å². The van der Waals surface area contributed by atoms with Gasteiger partial charge in [0, 0.05) is 27.7 Å². The first kappa shape index (κ1) is 32.4. The number of nitrogens with zero attached hydrogens (tertiary/aromatic N) is 1. The smallest absolute Gasteiger partial charge is 0.316 e. The molecular formula is C31H35NO12. The molecule has 0 bridgehead atoms. The van der Waals surface area contributed by atoms with Gasteiger partial charge >= 0.3 is 29.8 Å². The minimum atomic E-state index is -1.66. The van der Waals surface area contributed by atoms with Gasteiger partial charge in [0.1, 0.15) is 18.6 Å². The first-order chi connectivity index (χ1) is 21.0. The van der Waals surface area contributed by atoms with E-state index >= 15 is 0 Å². The first-order valence-corrected chi connectivity index (χ1v) is 14.0. The quantitative estimate of drug-likeness (QED) is 0.301. The fourth-order valence-corrected chi connectivity index (χ4v) is 5.30. The Kier molecular flexibility index (Phi) is 10.6. The van der Waals surface area contributed by atoms with Gasteiger partial charge in [0.2, 0.25) is 12.4 Å². The zero-order valence-corrected chi connectivity index (χ0v) is 24.9. The number of para-hydroxylation sites is 1. The van der Waals surface area contributed by atoms with E-state index in [1.807, 2.05) is 60.7 Å². The second-order valence-electron chi connectivity index (χ2n) is 10.4. The van der Waals surface area contributed by atoms with Crippen molar-refractivity contribution >= 4 is 35.5 Å². The molecule has 2 heterocycles. The van der Waals surface area contributed by atoms with Crippen LogP contribution in [0.5, 0.6) is 0 Å². The molecule has 0 spiro atoms. The van der Waals surface area contributed by atoms with Crippen molar-refractivity contribution in [2.24, 2.45) is 5.92 Å². The molecule has 2 fully saturated rings. The zero-order valence-electron chi connectivity index (χ0n) is 24.9. The van der Waals surface area contributed by atoms with Gasteiger partial charge in [-0.15, -0.1) is 0 Å². The fourth-order valence-electron chi connectivity index (χ4n) is 5.30. The number of hydrogen-bond acceptors (Lipinski definition) is 13. The van der Waals surface area contributed by atoms with Gasteiger partial charge in [0.05, 0.1) is 17.8 Å². The summed E-state index contributed by atoms with van der Waals surface area (Å²) >= 11 is 0. The van der Waals surface area contributed by atoms with Crippen LogP contribution in [-0.2, 0) is 57.2 Å². The highest BCUT2D eigenvalue weighted by atomic mass is 16.8. The Labute approximate surface area is 254 Å². The van der Waals surface area contributed by atoms with Crippen molar-refractivity contribution in [2.75, 3.05) is 11.7 Å². The molecule has 0 aliphatic carbocycles. The molecule has 2 aromatic rings. The number of ether oxygens (including phenoxy) is 6. The minimum Gasteiger partial charge on any atom is -0.463 e. The Morgan fingerprint density at radius 3 is 1.82 bits per heavy atom. The van der Waals surface area contributed by atoms with Gasteiger partial charge in [-0.05, 0) is 24.6 Å². The van der Waals surface area contributed by atoms with E-state index in [4.69, 9.17) is 33.3 Å². The monoisotopic (exact) mass is 613 g/mol. The van der Waals surface area contributed by atoms with E-state index in [2.05, 4.69) is 0 Å². The number of anilines is 1. The molecular weight excluding hydrogens is 578 g/mol.